The first kappa shape index (κ1) is 16.1. The highest BCUT2D eigenvalue weighted by Crippen LogP contribution is 2.17. The molecule has 0 fully saturated rings. The lowest BCUT2D eigenvalue weighted by atomic mass is 10.1. The van der Waals surface area contributed by atoms with E-state index >= 15 is 0 Å². The summed E-state index contributed by atoms with van der Waals surface area (Å²) in [4.78, 5) is 11.9. The fourth-order valence-electron chi connectivity index (χ4n) is 2.36. The maximum atomic E-state index is 11.9. The van der Waals surface area contributed by atoms with E-state index in [9.17, 15) is 4.79 Å². The Kier molecular flexibility index (Phi) is 5.59. The Bertz CT molecular complexity index is 650. The number of aryl methyl sites for hydroxylation is 2. The number of carbonyl (C=O) groups excluding carboxylic acids is 1. The van der Waals surface area contributed by atoms with Crippen LogP contribution in [0.25, 0.3) is 0 Å². The van der Waals surface area contributed by atoms with Crippen molar-refractivity contribution in [2.24, 2.45) is 0 Å². The quantitative estimate of drug-likeness (QED) is 0.853. The van der Waals surface area contributed by atoms with Crippen LogP contribution in [-0.4, -0.2) is 12.5 Å². The van der Waals surface area contributed by atoms with E-state index in [1.165, 1.54) is 16.7 Å². The highest BCUT2D eigenvalue weighted by atomic mass is 16.1. The molecule has 0 bridgehead atoms. The number of benzene rings is 2. The van der Waals surface area contributed by atoms with Gasteiger partial charge in [-0.3, -0.25) is 4.79 Å². The van der Waals surface area contributed by atoms with E-state index in [4.69, 9.17) is 0 Å². The van der Waals surface area contributed by atoms with Crippen molar-refractivity contribution in [3.63, 3.8) is 0 Å². The molecule has 3 nitrogen and oxygen atoms in total. The van der Waals surface area contributed by atoms with Crippen molar-refractivity contribution in [1.29, 1.82) is 0 Å². The Morgan fingerprint density at radius 1 is 1.05 bits per heavy atom. The predicted octanol–water partition coefficient (Wildman–Crippen LogP) is 3.73. The van der Waals surface area contributed by atoms with Crippen LogP contribution in [0.3, 0.4) is 0 Å². The van der Waals surface area contributed by atoms with E-state index in [-0.39, 0.29) is 5.91 Å². The zero-order valence-electron chi connectivity index (χ0n) is 13.6. The van der Waals surface area contributed by atoms with E-state index in [0.29, 0.717) is 19.5 Å². The van der Waals surface area contributed by atoms with E-state index in [1.54, 1.807) is 0 Å². The molecule has 2 rings (SSSR count). The molecule has 2 aromatic rings. The molecular formula is C19H24N2O. The monoisotopic (exact) mass is 296 g/mol. The Morgan fingerprint density at radius 3 is 2.59 bits per heavy atom. The minimum atomic E-state index is 0.0688. The van der Waals surface area contributed by atoms with Gasteiger partial charge in [-0.15, -0.1) is 0 Å². The highest BCUT2D eigenvalue weighted by Gasteiger charge is 2.03. The molecule has 0 aromatic heterocycles. The molecule has 0 aliphatic rings. The molecule has 116 valence electrons. The summed E-state index contributed by atoms with van der Waals surface area (Å²) < 4.78 is 0. The predicted molar refractivity (Wildman–Crippen MR) is 92.0 cm³/mol. The lowest BCUT2D eigenvalue weighted by molar-refractivity contribution is -0.121. The number of rotatable bonds is 6. The maximum absolute atomic E-state index is 11.9. The minimum Gasteiger partial charge on any atom is -0.384 e. The van der Waals surface area contributed by atoms with Crippen LogP contribution in [0.15, 0.2) is 42.5 Å². The van der Waals surface area contributed by atoms with Gasteiger partial charge in [0.15, 0.2) is 0 Å². The lowest BCUT2D eigenvalue weighted by Gasteiger charge is -2.11. The summed E-state index contributed by atoms with van der Waals surface area (Å²) >= 11 is 0. The molecule has 0 heterocycles. The third kappa shape index (κ3) is 4.62. The van der Waals surface area contributed by atoms with Gasteiger partial charge in [0.05, 0.1) is 0 Å². The molecule has 2 aromatic carbocycles. The number of hydrogen-bond donors (Lipinski definition) is 2. The summed E-state index contributed by atoms with van der Waals surface area (Å²) in [6.07, 6.45) is 0.471. The topological polar surface area (TPSA) is 41.1 Å². The molecule has 3 heteroatoms. The molecule has 22 heavy (non-hydrogen) atoms. The molecule has 0 radical (unpaired) electrons. The first-order valence-corrected chi connectivity index (χ1v) is 7.68. The molecule has 2 N–H and O–H groups in total. The first-order chi connectivity index (χ1) is 10.6. The van der Waals surface area contributed by atoms with Gasteiger partial charge in [0.25, 0.3) is 0 Å². The fourth-order valence-corrected chi connectivity index (χ4v) is 2.36. The van der Waals surface area contributed by atoms with Gasteiger partial charge in [-0.2, -0.15) is 0 Å². The van der Waals surface area contributed by atoms with Crippen LogP contribution in [0.4, 0.5) is 5.69 Å². The van der Waals surface area contributed by atoms with Gasteiger partial charge in [0, 0.05) is 25.2 Å². The minimum absolute atomic E-state index is 0.0688. The van der Waals surface area contributed by atoms with Crippen molar-refractivity contribution in [2.75, 3.05) is 11.9 Å². The summed E-state index contributed by atoms with van der Waals surface area (Å²) in [5, 5.41) is 6.29. The van der Waals surface area contributed by atoms with Crippen molar-refractivity contribution in [3.8, 4) is 0 Å². The van der Waals surface area contributed by atoms with Gasteiger partial charge >= 0.3 is 0 Å². The maximum Gasteiger partial charge on any atom is 0.222 e. The lowest BCUT2D eigenvalue weighted by Crippen LogP contribution is -2.25. The average molecular weight is 296 g/mol. The normalized spacial score (nSPS) is 10.3. The van der Waals surface area contributed by atoms with Crippen molar-refractivity contribution < 1.29 is 4.79 Å². The summed E-state index contributed by atoms with van der Waals surface area (Å²) in [6.45, 7) is 7.47. The average Bonchev–Trinajstić information content (AvgIpc) is 2.49. The van der Waals surface area contributed by atoms with Gasteiger partial charge < -0.3 is 10.6 Å². The molecule has 0 atom stereocenters. The van der Waals surface area contributed by atoms with Gasteiger partial charge in [-0.25, -0.2) is 0 Å². The second-order valence-corrected chi connectivity index (χ2v) is 5.69. The van der Waals surface area contributed by atoms with Crippen LogP contribution < -0.4 is 10.6 Å². The van der Waals surface area contributed by atoms with Crippen LogP contribution in [-0.2, 0) is 11.3 Å². The van der Waals surface area contributed by atoms with Gasteiger partial charge in [0.1, 0.15) is 0 Å². The van der Waals surface area contributed by atoms with Crippen LogP contribution in [0.5, 0.6) is 0 Å². The SMILES string of the molecule is Cc1cccc(CNC(=O)CCNc2cccc(C)c2C)c1. The van der Waals surface area contributed by atoms with E-state index in [2.05, 4.69) is 49.6 Å². The molecule has 0 saturated carbocycles. The van der Waals surface area contributed by atoms with Gasteiger partial charge in [-0.1, -0.05) is 42.0 Å². The number of amides is 1. The Morgan fingerprint density at radius 2 is 1.82 bits per heavy atom. The number of nitrogens with one attached hydrogen (secondary N) is 2. The Labute approximate surface area is 132 Å². The Hall–Kier alpha value is -2.29. The standard InChI is InChI=1S/C19H24N2O/c1-14-6-4-8-17(12-14)13-21-19(22)10-11-20-18-9-5-7-15(2)16(18)3/h4-9,12,20H,10-11,13H2,1-3H3,(H,21,22). The van der Waals surface area contributed by atoms with Crippen molar-refractivity contribution >= 4 is 11.6 Å². The van der Waals surface area contributed by atoms with Gasteiger partial charge in [0.2, 0.25) is 5.91 Å². The fraction of sp³-hybridized carbons (Fsp3) is 0.316. The zero-order valence-corrected chi connectivity index (χ0v) is 13.6. The first-order valence-electron chi connectivity index (χ1n) is 7.68. The third-order valence-electron chi connectivity index (χ3n) is 3.84. The summed E-state index contributed by atoms with van der Waals surface area (Å²) in [7, 11) is 0. The number of anilines is 1. The number of carbonyl (C=O) groups is 1. The highest BCUT2D eigenvalue weighted by molar-refractivity contribution is 5.76. The Balaban J connectivity index is 1.75. The molecule has 0 unspecified atom stereocenters. The smallest absolute Gasteiger partial charge is 0.222 e. The van der Waals surface area contributed by atoms with Crippen LogP contribution in [0.2, 0.25) is 0 Å². The third-order valence-corrected chi connectivity index (χ3v) is 3.84. The second kappa shape index (κ2) is 7.64. The molecule has 0 saturated heterocycles. The summed E-state index contributed by atoms with van der Waals surface area (Å²) in [6, 6.07) is 14.4. The number of hydrogen-bond acceptors (Lipinski definition) is 2. The molecular weight excluding hydrogens is 272 g/mol. The van der Waals surface area contributed by atoms with Crippen LogP contribution >= 0.6 is 0 Å². The zero-order chi connectivity index (χ0) is 15.9. The molecule has 1 amide bonds. The summed E-state index contributed by atoms with van der Waals surface area (Å²) in [5.74, 6) is 0.0688. The van der Waals surface area contributed by atoms with Crippen LogP contribution in [0.1, 0.15) is 28.7 Å². The van der Waals surface area contributed by atoms with Crippen molar-refractivity contribution in [2.45, 2.75) is 33.7 Å². The van der Waals surface area contributed by atoms with Crippen LogP contribution in [0, 0.1) is 20.8 Å². The van der Waals surface area contributed by atoms with Crippen molar-refractivity contribution in [3.05, 3.63) is 64.7 Å². The van der Waals surface area contributed by atoms with Gasteiger partial charge in [-0.05, 0) is 43.5 Å². The molecule has 0 spiro atoms. The van der Waals surface area contributed by atoms with E-state index in [0.717, 1.165) is 11.3 Å². The largest absolute Gasteiger partial charge is 0.384 e. The van der Waals surface area contributed by atoms with E-state index in [1.807, 2.05) is 24.3 Å². The molecule has 0 aliphatic carbocycles. The van der Waals surface area contributed by atoms with Crippen molar-refractivity contribution in [1.82, 2.24) is 5.32 Å². The summed E-state index contributed by atoms with van der Waals surface area (Å²) in [5.41, 5.74) is 5.95. The van der Waals surface area contributed by atoms with E-state index < -0.39 is 0 Å². The second-order valence-electron chi connectivity index (χ2n) is 5.69. The molecule has 0 aliphatic heterocycles.